The van der Waals surface area contributed by atoms with Crippen LogP contribution in [0.5, 0.6) is 0 Å². The van der Waals surface area contributed by atoms with Crippen LogP contribution in [0.3, 0.4) is 0 Å². The van der Waals surface area contributed by atoms with Gasteiger partial charge in [0.15, 0.2) is 0 Å². The number of sulfonamides is 1. The predicted molar refractivity (Wildman–Crippen MR) is 95.4 cm³/mol. The number of benzene rings is 1. The fraction of sp³-hybridized carbons (Fsp3) is 0.611. The number of piperidine rings is 1. The molecule has 1 aliphatic heterocycles. The third-order valence-corrected chi connectivity index (χ3v) is 6.22. The van der Waals surface area contributed by atoms with Gasteiger partial charge >= 0.3 is 0 Å². The smallest absolute Gasteiger partial charge is 0.240 e. The zero-order chi connectivity index (χ0) is 17.7. The summed E-state index contributed by atoms with van der Waals surface area (Å²) in [6.45, 7) is 7.20. The zero-order valence-electron chi connectivity index (χ0n) is 14.8. The first kappa shape index (κ1) is 18.9. The van der Waals surface area contributed by atoms with Crippen molar-refractivity contribution in [2.75, 3.05) is 13.1 Å². The molecule has 1 fully saturated rings. The number of hydrogen-bond acceptors (Lipinski definition) is 3. The highest BCUT2D eigenvalue weighted by atomic mass is 32.2. The number of carbonyl (C=O) groups excluding carboxylic acids is 1. The first-order chi connectivity index (χ1) is 11.3. The van der Waals surface area contributed by atoms with Gasteiger partial charge in [-0.25, -0.2) is 13.1 Å². The summed E-state index contributed by atoms with van der Waals surface area (Å²) >= 11 is 0. The van der Waals surface area contributed by atoms with Crippen molar-refractivity contribution in [2.45, 2.75) is 63.8 Å². The van der Waals surface area contributed by atoms with Crippen molar-refractivity contribution in [2.24, 2.45) is 0 Å². The van der Waals surface area contributed by atoms with Crippen LogP contribution in [-0.2, 0) is 14.8 Å². The number of amides is 1. The Morgan fingerprint density at radius 3 is 2.46 bits per heavy atom. The number of nitrogens with zero attached hydrogens (tertiary/aromatic N) is 1. The van der Waals surface area contributed by atoms with Crippen LogP contribution < -0.4 is 4.72 Å². The molecular weight excluding hydrogens is 324 g/mol. The van der Waals surface area contributed by atoms with Gasteiger partial charge in [-0.15, -0.1) is 0 Å². The molecule has 1 heterocycles. The molecule has 1 aliphatic rings. The summed E-state index contributed by atoms with van der Waals surface area (Å²) in [7, 11) is -3.50. The Morgan fingerprint density at radius 1 is 1.21 bits per heavy atom. The molecule has 0 unspecified atom stereocenters. The molecule has 0 bridgehead atoms. The second-order valence-corrected chi connectivity index (χ2v) is 8.34. The molecule has 0 atom stereocenters. The molecule has 0 aliphatic carbocycles. The maximum atomic E-state index is 12.5. The molecule has 6 heteroatoms. The van der Waals surface area contributed by atoms with E-state index in [1.54, 1.807) is 12.1 Å². The average Bonchev–Trinajstić information content (AvgIpc) is 2.55. The van der Waals surface area contributed by atoms with Gasteiger partial charge in [0, 0.05) is 25.6 Å². The Morgan fingerprint density at radius 2 is 1.88 bits per heavy atom. The van der Waals surface area contributed by atoms with Gasteiger partial charge in [0.2, 0.25) is 15.9 Å². The Kier molecular flexibility index (Phi) is 6.40. The van der Waals surface area contributed by atoms with Crippen LogP contribution in [0.4, 0.5) is 0 Å². The minimum absolute atomic E-state index is 0.105. The van der Waals surface area contributed by atoms with E-state index in [-0.39, 0.29) is 11.9 Å². The van der Waals surface area contributed by atoms with E-state index in [2.05, 4.69) is 11.6 Å². The maximum Gasteiger partial charge on any atom is 0.240 e. The lowest BCUT2D eigenvalue weighted by molar-refractivity contribution is -0.132. The number of aryl methyl sites for hydroxylation is 2. The van der Waals surface area contributed by atoms with Crippen molar-refractivity contribution in [3.63, 3.8) is 0 Å². The standard InChI is InChI=1S/C18H28N2O3S/c1-4-5-6-18(21)20-11-9-16(10-12-20)19-24(22,23)17-8-7-14(2)15(3)13-17/h7-8,13,16,19H,4-6,9-12H2,1-3H3. The Hall–Kier alpha value is -1.40. The lowest BCUT2D eigenvalue weighted by atomic mass is 10.1. The molecule has 5 nitrogen and oxygen atoms in total. The van der Waals surface area contributed by atoms with Crippen molar-refractivity contribution in [1.29, 1.82) is 0 Å². The summed E-state index contributed by atoms with van der Waals surface area (Å²) in [5.74, 6) is 0.187. The molecule has 1 saturated heterocycles. The first-order valence-corrected chi connectivity index (χ1v) is 10.2. The van der Waals surface area contributed by atoms with Gasteiger partial charge in [0.25, 0.3) is 0 Å². The molecule has 2 rings (SSSR count). The number of nitrogens with one attached hydrogen (secondary N) is 1. The number of likely N-dealkylation sites (tertiary alicyclic amines) is 1. The van der Waals surface area contributed by atoms with E-state index in [4.69, 9.17) is 0 Å². The highest BCUT2D eigenvalue weighted by Crippen LogP contribution is 2.18. The topological polar surface area (TPSA) is 66.5 Å². The fourth-order valence-corrected chi connectivity index (χ4v) is 4.29. The summed E-state index contributed by atoms with van der Waals surface area (Å²) in [5.41, 5.74) is 2.04. The number of rotatable bonds is 6. The Bertz CT molecular complexity index is 678. The molecule has 1 amide bonds. The molecule has 0 aromatic heterocycles. The van der Waals surface area contributed by atoms with Crippen molar-refractivity contribution < 1.29 is 13.2 Å². The van der Waals surface area contributed by atoms with Crippen LogP contribution in [0, 0.1) is 13.8 Å². The van der Waals surface area contributed by atoms with Crippen LogP contribution in [0.2, 0.25) is 0 Å². The van der Waals surface area contributed by atoms with E-state index in [0.29, 0.717) is 37.2 Å². The van der Waals surface area contributed by atoms with Gasteiger partial charge in [0.1, 0.15) is 0 Å². The van der Waals surface area contributed by atoms with Crippen LogP contribution >= 0.6 is 0 Å². The van der Waals surface area contributed by atoms with Gasteiger partial charge in [-0.1, -0.05) is 19.4 Å². The van der Waals surface area contributed by atoms with Gasteiger partial charge in [0.05, 0.1) is 4.90 Å². The largest absolute Gasteiger partial charge is 0.343 e. The number of hydrogen-bond donors (Lipinski definition) is 1. The zero-order valence-corrected chi connectivity index (χ0v) is 15.7. The third-order valence-electron chi connectivity index (χ3n) is 4.70. The van der Waals surface area contributed by atoms with Crippen molar-refractivity contribution in [3.05, 3.63) is 29.3 Å². The molecule has 0 spiro atoms. The second kappa shape index (κ2) is 8.12. The van der Waals surface area contributed by atoms with E-state index < -0.39 is 10.0 Å². The van der Waals surface area contributed by atoms with Crippen LogP contribution in [0.25, 0.3) is 0 Å². The average molecular weight is 353 g/mol. The summed E-state index contributed by atoms with van der Waals surface area (Å²) in [4.78, 5) is 14.2. The highest BCUT2D eigenvalue weighted by molar-refractivity contribution is 7.89. The van der Waals surface area contributed by atoms with Crippen LogP contribution in [-0.4, -0.2) is 38.4 Å². The molecule has 0 saturated carbocycles. The molecule has 1 aromatic carbocycles. The van der Waals surface area contributed by atoms with E-state index in [0.717, 1.165) is 24.0 Å². The summed E-state index contributed by atoms with van der Waals surface area (Å²) in [5, 5.41) is 0. The van der Waals surface area contributed by atoms with Crippen molar-refractivity contribution in [1.82, 2.24) is 9.62 Å². The number of unbranched alkanes of at least 4 members (excludes halogenated alkanes) is 1. The van der Waals surface area contributed by atoms with Crippen molar-refractivity contribution >= 4 is 15.9 Å². The van der Waals surface area contributed by atoms with E-state index >= 15 is 0 Å². The second-order valence-electron chi connectivity index (χ2n) is 6.63. The Balaban J connectivity index is 1.93. The first-order valence-electron chi connectivity index (χ1n) is 8.71. The molecule has 24 heavy (non-hydrogen) atoms. The van der Waals surface area contributed by atoms with E-state index in [9.17, 15) is 13.2 Å². The van der Waals surface area contributed by atoms with Gasteiger partial charge < -0.3 is 4.90 Å². The van der Waals surface area contributed by atoms with E-state index in [1.807, 2.05) is 24.8 Å². The normalized spacial score (nSPS) is 16.4. The fourth-order valence-electron chi connectivity index (χ4n) is 2.90. The lowest BCUT2D eigenvalue weighted by Gasteiger charge is -2.32. The molecule has 134 valence electrons. The lowest BCUT2D eigenvalue weighted by Crippen LogP contribution is -2.46. The minimum Gasteiger partial charge on any atom is -0.343 e. The summed E-state index contributed by atoms with van der Waals surface area (Å²) in [6.07, 6.45) is 3.86. The Labute approximate surface area is 145 Å². The van der Waals surface area contributed by atoms with Crippen molar-refractivity contribution in [3.8, 4) is 0 Å². The van der Waals surface area contributed by atoms with Gasteiger partial charge in [-0.05, 0) is 56.4 Å². The maximum absolute atomic E-state index is 12.5. The van der Waals surface area contributed by atoms with E-state index in [1.165, 1.54) is 0 Å². The molecule has 0 radical (unpaired) electrons. The third kappa shape index (κ3) is 4.80. The SMILES string of the molecule is CCCCC(=O)N1CCC(NS(=O)(=O)c2ccc(C)c(C)c2)CC1. The quantitative estimate of drug-likeness (QED) is 0.856. The molecule has 1 N–H and O–H groups in total. The summed E-state index contributed by atoms with van der Waals surface area (Å²) < 4.78 is 27.9. The van der Waals surface area contributed by atoms with Gasteiger partial charge in [-0.2, -0.15) is 0 Å². The van der Waals surface area contributed by atoms with Crippen LogP contribution in [0.1, 0.15) is 50.2 Å². The minimum atomic E-state index is -3.50. The summed E-state index contributed by atoms with van der Waals surface area (Å²) in [6, 6.07) is 5.08. The molecule has 1 aromatic rings. The van der Waals surface area contributed by atoms with Crippen LogP contribution in [0.15, 0.2) is 23.1 Å². The monoisotopic (exact) mass is 352 g/mol. The highest BCUT2D eigenvalue weighted by Gasteiger charge is 2.26. The number of carbonyl (C=O) groups is 1. The van der Waals surface area contributed by atoms with Gasteiger partial charge in [-0.3, -0.25) is 4.79 Å². The molecular formula is C18H28N2O3S. The predicted octanol–water partition coefficient (Wildman–Crippen LogP) is 2.76.